The molecule has 0 aliphatic heterocycles. The third-order valence-corrected chi connectivity index (χ3v) is 5.02. The van der Waals surface area contributed by atoms with Crippen LogP contribution >= 0.6 is 0 Å². The van der Waals surface area contributed by atoms with Gasteiger partial charge in [0.25, 0.3) is 5.91 Å². The summed E-state index contributed by atoms with van der Waals surface area (Å²) in [7, 11) is -3.60. The molecule has 7 heteroatoms. The van der Waals surface area contributed by atoms with E-state index in [1.165, 1.54) is 24.3 Å². The number of carbonyl (C=O) groups is 1. The molecule has 6 nitrogen and oxygen atoms in total. The first kappa shape index (κ1) is 19.9. The van der Waals surface area contributed by atoms with Crippen molar-refractivity contribution in [3.8, 4) is 5.75 Å². The van der Waals surface area contributed by atoms with Crippen molar-refractivity contribution in [1.82, 2.24) is 4.72 Å². The number of rotatable bonds is 6. The van der Waals surface area contributed by atoms with E-state index in [1.807, 2.05) is 25.1 Å². The summed E-state index contributed by atoms with van der Waals surface area (Å²) in [6, 6.07) is 13.4. The largest absolute Gasteiger partial charge is 0.484 e. The van der Waals surface area contributed by atoms with Gasteiger partial charge in [0.05, 0.1) is 4.90 Å². The molecule has 0 bridgehead atoms. The zero-order valence-electron chi connectivity index (χ0n) is 15.4. The Morgan fingerprint density at radius 3 is 2.31 bits per heavy atom. The van der Waals surface area contributed by atoms with E-state index in [1.54, 1.807) is 26.8 Å². The van der Waals surface area contributed by atoms with Crippen LogP contribution in [0.15, 0.2) is 53.4 Å². The van der Waals surface area contributed by atoms with E-state index in [9.17, 15) is 13.2 Å². The Morgan fingerprint density at radius 2 is 1.73 bits per heavy atom. The molecule has 2 aromatic carbocycles. The first-order valence-electron chi connectivity index (χ1n) is 8.18. The molecule has 2 aromatic rings. The number of hydrogen-bond acceptors (Lipinski definition) is 4. The topological polar surface area (TPSA) is 84.5 Å². The lowest BCUT2D eigenvalue weighted by Crippen LogP contribution is -2.40. The molecule has 0 saturated carbocycles. The molecule has 0 aromatic heterocycles. The Balaban J connectivity index is 1.94. The van der Waals surface area contributed by atoms with Crippen molar-refractivity contribution in [2.24, 2.45) is 0 Å². The molecule has 0 atom stereocenters. The second kappa shape index (κ2) is 7.88. The molecule has 1 amide bonds. The fourth-order valence-electron chi connectivity index (χ4n) is 2.25. The Morgan fingerprint density at radius 1 is 1.08 bits per heavy atom. The molecule has 26 heavy (non-hydrogen) atoms. The lowest BCUT2D eigenvalue weighted by Gasteiger charge is -2.20. The molecular formula is C19H24N2O4S. The molecular weight excluding hydrogens is 352 g/mol. The summed E-state index contributed by atoms with van der Waals surface area (Å²) >= 11 is 0. The lowest BCUT2D eigenvalue weighted by atomic mass is 10.1. The van der Waals surface area contributed by atoms with Crippen molar-refractivity contribution in [3.63, 3.8) is 0 Å². The van der Waals surface area contributed by atoms with Gasteiger partial charge in [-0.15, -0.1) is 0 Å². The minimum atomic E-state index is -3.60. The van der Waals surface area contributed by atoms with Crippen LogP contribution < -0.4 is 14.8 Å². The number of nitrogens with one attached hydrogen (secondary N) is 2. The van der Waals surface area contributed by atoms with Crippen LogP contribution in [0.3, 0.4) is 0 Å². The SMILES string of the molecule is Cc1cccc(NC(=O)COc2ccc(S(=O)(=O)NC(C)(C)C)cc2)c1. The second-order valence-electron chi connectivity index (χ2n) is 7.03. The van der Waals surface area contributed by atoms with Gasteiger partial charge in [0, 0.05) is 11.2 Å². The summed E-state index contributed by atoms with van der Waals surface area (Å²) in [5, 5.41) is 2.74. The second-order valence-corrected chi connectivity index (χ2v) is 8.72. The van der Waals surface area contributed by atoms with Gasteiger partial charge in [-0.25, -0.2) is 13.1 Å². The molecule has 0 aliphatic rings. The van der Waals surface area contributed by atoms with Crippen molar-refractivity contribution in [3.05, 3.63) is 54.1 Å². The maximum Gasteiger partial charge on any atom is 0.262 e. The van der Waals surface area contributed by atoms with Crippen LogP contribution in [-0.2, 0) is 14.8 Å². The van der Waals surface area contributed by atoms with Crippen LogP contribution in [0.5, 0.6) is 5.75 Å². The van der Waals surface area contributed by atoms with Crippen molar-refractivity contribution in [1.29, 1.82) is 0 Å². The van der Waals surface area contributed by atoms with E-state index in [-0.39, 0.29) is 17.4 Å². The zero-order valence-corrected chi connectivity index (χ0v) is 16.2. The Kier molecular flexibility index (Phi) is 6.05. The van der Waals surface area contributed by atoms with Crippen LogP contribution in [0.4, 0.5) is 5.69 Å². The number of carbonyl (C=O) groups excluding carboxylic acids is 1. The van der Waals surface area contributed by atoms with Crippen molar-refractivity contribution in [2.45, 2.75) is 38.1 Å². The van der Waals surface area contributed by atoms with Gasteiger partial charge in [-0.1, -0.05) is 12.1 Å². The molecule has 0 radical (unpaired) electrons. The van der Waals surface area contributed by atoms with E-state index < -0.39 is 15.6 Å². The quantitative estimate of drug-likeness (QED) is 0.811. The van der Waals surface area contributed by atoms with Gasteiger partial charge in [0.15, 0.2) is 6.61 Å². The van der Waals surface area contributed by atoms with Crippen LogP contribution in [0.2, 0.25) is 0 Å². The number of anilines is 1. The molecule has 0 fully saturated rings. The first-order chi connectivity index (χ1) is 12.0. The minimum Gasteiger partial charge on any atom is -0.484 e. The van der Waals surface area contributed by atoms with Gasteiger partial charge in [-0.3, -0.25) is 4.79 Å². The van der Waals surface area contributed by atoms with E-state index >= 15 is 0 Å². The van der Waals surface area contributed by atoms with Crippen molar-refractivity contribution in [2.75, 3.05) is 11.9 Å². The third-order valence-electron chi connectivity index (χ3n) is 3.25. The number of benzene rings is 2. The Labute approximate surface area is 154 Å². The van der Waals surface area contributed by atoms with Crippen molar-refractivity contribution >= 4 is 21.6 Å². The monoisotopic (exact) mass is 376 g/mol. The third kappa shape index (κ3) is 6.16. The highest BCUT2D eigenvalue weighted by Crippen LogP contribution is 2.18. The molecule has 0 aliphatic carbocycles. The molecule has 140 valence electrons. The Hall–Kier alpha value is -2.38. The summed E-state index contributed by atoms with van der Waals surface area (Å²) in [6.45, 7) is 7.09. The predicted octanol–water partition coefficient (Wildman–Crippen LogP) is 3.09. The maximum absolute atomic E-state index is 12.2. The fourth-order valence-corrected chi connectivity index (χ4v) is 3.66. The molecule has 0 unspecified atom stereocenters. The summed E-state index contributed by atoms with van der Waals surface area (Å²) in [4.78, 5) is 12.1. The standard InChI is InChI=1S/C19H24N2O4S/c1-14-6-5-7-15(12-14)20-18(22)13-25-16-8-10-17(11-9-16)26(23,24)21-19(2,3)4/h5-12,21H,13H2,1-4H3,(H,20,22). The lowest BCUT2D eigenvalue weighted by molar-refractivity contribution is -0.118. The van der Waals surface area contributed by atoms with Gasteiger partial charge in [0.2, 0.25) is 10.0 Å². The number of hydrogen-bond donors (Lipinski definition) is 2. The maximum atomic E-state index is 12.2. The summed E-state index contributed by atoms with van der Waals surface area (Å²) in [5.41, 5.74) is 1.18. The van der Waals surface area contributed by atoms with Crippen LogP contribution in [-0.4, -0.2) is 26.5 Å². The smallest absolute Gasteiger partial charge is 0.262 e. The number of ether oxygens (including phenoxy) is 1. The summed E-state index contributed by atoms with van der Waals surface area (Å²) in [6.07, 6.45) is 0. The molecule has 2 N–H and O–H groups in total. The van der Waals surface area contributed by atoms with Crippen LogP contribution in [0.1, 0.15) is 26.3 Å². The average molecular weight is 376 g/mol. The number of aryl methyl sites for hydroxylation is 1. The van der Waals surface area contributed by atoms with E-state index in [0.717, 1.165) is 5.56 Å². The van der Waals surface area contributed by atoms with Gasteiger partial charge >= 0.3 is 0 Å². The van der Waals surface area contributed by atoms with E-state index in [2.05, 4.69) is 10.0 Å². The minimum absolute atomic E-state index is 0.143. The fraction of sp³-hybridized carbons (Fsp3) is 0.316. The summed E-state index contributed by atoms with van der Waals surface area (Å²) < 4.78 is 32.5. The van der Waals surface area contributed by atoms with E-state index in [4.69, 9.17) is 4.74 Å². The van der Waals surface area contributed by atoms with Gasteiger partial charge in [-0.2, -0.15) is 0 Å². The average Bonchev–Trinajstić information content (AvgIpc) is 2.51. The highest BCUT2D eigenvalue weighted by Gasteiger charge is 2.21. The Bertz CT molecular complexity index is 869. The van der Waals surface area contributed by atoms with Crippen LogP contribution in [0, 0.1) is 6.92 Å². The normalized spacial score (nSPS) is 11.8. The predicted molar refractivity (Wildman–Crippen MR) is 102 cm³/mol. The number of sulfonamides is 1. The van der Waals surface area contributed by atoms with Gasteiger partial charge in [-0.05, 0) is 69.7 Å². The van der Waals surface area contributed by atoms with Crippen molar-refractivity contribution < 1.29 is 17.9 Å². The number of amides is 1. The zero-order chi connectivity index (χ0) is 19.4. The van der Waals surface area contributed by atoms with Gasteiger partial charge < -0.3 is 10.1 Å². The molecule has 0 heterocycles. The van der Waals surface area contributed by atoms with Crippen LogP contribution in [0.25, 0.3) is 0 Å². The van der Waals surface area contributed by atoms with Gasteiger partial charge in [0.1, 0.15) is 5.75 Å². The first-order valence-corrected chi connectivity index (χ1v) is 9.67. The highest BCUT2D eigenvalue weighted by molar-refractivity contribution is 7.89. The van der Waals surface area contributed by atoms with E-state index in [0.29, 0.717) is 11.4 Å². The molecule has 0 saturated heterocycles. The molecule has 0 spiro atoms. The summed E-state index contributed by atoms with van der Waals surface area (Å²) in [5.74, 6) is 0.126. The highest BCUT2D eigenvalue weighted by atomic mass is 32.2. The molecule has 2 rings (SSSR count).